The molecule has 0 saturated carbocycles. The zero-order valence-corrected chi connectivity index (χ0v) is 16.1. The average Bonchev–Trinajstić information content (AvgIpc) is 3.24. The van der Waals surface area contributed by atoms with Crippen molar-refractivity contribution in [3.05, 3.63) is 88.3 Å². The minimum absolute atomic E-state index is 0.219. The molecule has 1 N–H and O–H groups in total. The predicted molar refractivity (Wildman–Crippen MR) is 107 cm³/mol. The Kier molecular flexibility index (Phi) is 4.92. The highest BCUT2D eigenvalue weighted by Crippen LogP contribution is 2.28. The van der Waals surface area contributed by atoms with Crippen molar-refractivity contribution in [1.29, 1.82) is 0 Å². The molecule has 1 aliphatic heterocycles. The van der Waals surface area contributed by atoms with Gasteiger partial charge in [0.2, 0.25) is 5.91 Å². The van der Waals surface area contributed by atoms with Gasteiger partial charge in [-0.1, -0.05) is 41.9 Å². The summed E-state index contributed by atoms with van der Waals surface area (Å²) in [4.78, 5) is 27.7. The normalized spacial score (nSPS) is 15.8. The molecule has 142 valence electrons. The first kappa shape index (κ1) is 18.3. The van der Waals surface area contributed by atoms with Crippen LogP contribution in [0.25, 0.3) is 0 Å². The first-order valence-electron chi connectivity index (χ1n) is 9.02. The molecule has 5 nitrogen and oxygen atoms in total. The predicted octanol–water partition coefficient (Wildman–Crippen LogP) is 4.45. The second-order valence-electron chi connectivity index (χ2n) is 6.80. The minimum atomic E-state index is -0.647. The van der Waals surface area contributed by atoms with Crippen molar-refractivity contribution in [2.75, 3.05) is 5.32 Å². The molecular formula is C22H19ClN2O3. The molecule has 2 amide bonds. The van der Waals surface area contributed by atoms with Crippen LogP contribution in [0.5, 0.6) is 0 Å². The van der Waals surface area contributed by atoms with E-state index in [2.05, 4.69) is 5.32 Å². The van der Waals surface area contributed by atoms with Crippen LogP contribution >= 0.6 is 11.6 Å². The van der Waals surface area contributed by atoms with E-state index in [1.165, 1.54) is 6.26 Å². The molecule has 2 aromatic carbocycles. The first-order chi connectivity index (χ1) is 13.5. The molecule has 0 spiro atoms. The Labute approximate surface area is 167 Å². The lowest BCUT2D eigenvalue weighted by atomic mass is 9.93. The second kappa shape index (κ2) is 7.52. The van der Waals surface area contributed by atoms with Crippen LogP contribution < -0.4 is 5.32 Å². The Morgan fingerprint density at radius 1 is 1.07 bits per heavy atom. The van der Waals surface area contributed by atoms with Gasteiger partial charge in [-0.25, -0.2) is 0 Å². The second-order valence-corrected chi connectivity index (χ2v) is 7.21. The van der Waals surface area contributed by atoms with Gasteiger partial charge in [-0.3, -0.25) is 9.59 Å². The van der Waals surface area contributed by atoms with Crippen molar-refractivity contribution in [3.63, 3.8) is 0 Å². The summed E-state index contributed by atoms with van der Waals surface area (Å²) in [5.74, 6) is -0.335. The Balaban J connectivity index is 1.66. The molecule has 28 heavy (non-hydrogen) atoms. The molecule has 0 saturated heterocycles. The highest BCUT2D eigenvalue weighted by atomic mass is 35.5. The highest BCUT2D eigenvalue weighted by Gasteiger charge is 2.36. The van der Waals surface area contributed by atoms with Gasteiger partial charge < -0.3 is 14.6 Å². The summed E-state index contributed by atoms with van der Waals surface area (Å²) in [5, 5.41) is 3.51. The number of carbonyl (C=O) groups excluding carboxylic acids is 2. The summed E-state index contributed by atoms with van der Waals surface area (Å²) in [6, 6.07) is 15.8. The lowest BCUT2D eigenvalue weighted by Crippen LogP contribution is -2.50. The minimum Gasteiger partial charge on any atom is -0.459 e. The SMILES string of the molecule is Cc1c(Cl)cccc1NC(=O)C1Cc2ccccc2CN1C(=O)c1ccco1. The van der Waals surface area contributed by atoms with Gasteiger partial charge in [0.15, 0.2) is 5.76 Å². The number of anilines is 1. The van der Waals surface area contributed by atoms with Gasteiger partial charge >= 0.3 is 0 Å². The molecule has 4 rings (SSSR count). The molecule has 6 heteroatoms. The molecule has 0 fully saturated rings. The maximum absolute atomic E-state index is 13.1. The van der Waals surface area contributed by atoms with Crippen LogP contribution in [0.4, 0.5) is 5.69 Å². The fourth-order valence-electron chi connectivity index (χ4n) is 3.47. The molecule has 1 unspecified atom stereocenters. The fraction of sp³-hybridized carbons (Fsp3) is 0.182. The van der Waals surface area contributed by atoms with Crippen LogP contribution in [-0.4, -0.2) is 22.8 Å². The summed E-state index contributed by atoms with van der Waals surface area (Å²) in [5.41, 5.74) is 3.53. The molecule has 1 atom stereocenters. The van der Waals surface area contributed by atoms with Crippen LogP contribution in [0.1, 0.15) is 27.2 Å². The van der Waals surface area contributed by atoms with E-state index in [0.717, 1.165) is 16.7 Å². The van der Waals surface area contributed by atoms with Gasteiger partial charge in [0.1, 0.15) is 6.04 Å². The van der Waals surface area contributed by atoms with Crippen molar-refractivity contribution in [1.82, 2.24) is 4.90 Å². The number of hydrogen-bond acceptors (Lipinski definition) is 3. The number of hydrogen-bond donors (Lipinski definition) is 1. The quantitative estimate of drug-likeness (QED) is 0.714. The van der Waals surface area contributed by atoms with Gasteiger partial charge in [-0.2, -0.15) is 0 Å². The maximum Gasteiger partial charge on any atom is 0.290 e. The number of fused-ring (bicyclic) bond motifs is 1. The first-order valence-corrected chi connectivity index (χ1v) is 9.39. The van der Waals surface area contributed by atoms with Crippen molar-refractivity contribution in [3.8, 4) is 0 Å². The fourth-order valence-corrected chi connectivity index (χ4v) is 3.65. The maximum atomic E-state index is 13.1. The Bertz CT molecular complexity index is 1030. The van der Waals surface area contributed by atoms with Crippen LogP contribution in [0, 0.1) is 6.92 Å². The lowest BCUT2D eigenvalue weighted by Gasteiger charge is -2.35. The zero-order valence-electron chi connectivity index (χ0n) is 15.3. The topological polar surface area (TPSA) is 62.6 Å². The number of halogens is 1. The van der Waals surface area contributed by atoms with Crippen molar-refractivity contribution < 1.29 is 14.0 Å². The Hall–Kier alpha value is -3.05. The number of furan rings is 1. The monoisotopic (exact) mass is 394 g/mol. The van der Waals surface area contributed by atoms with Gasteiger partial charge in [-0.15, -0.1) is 0 Å². The molecule has 2 heterocycles. The molecule has 0 aliphatic carbocycles. The highest BCUT2D eigenvalue weighted by molar-refractivity contribution is 6.31. The third-order valence-corrected chi connectivity index (χ3v) is 5.48. The Morgan fingerprint density at radius 3 is 2.61 bits per heavy atom. The lowest BCUT2D eigenvalue weighted by molar-refractivity contribution is -0.121. The number of rotatable bonds is 3. The van der Waals surface area contributed by atoms with Gasteiger partial charge in [-0.05, 0) is 47.9 Å². The summed E-state index contributed by atoms with van der Waals surface area (Å²) >= 11 is 6.17. The summed E-state index contributed by atoms with van der Waals surface area (Å²) in [6.07, 6.45) is 1.89. The smallest absolute Gasteiger partial charge is 0.290 e. The van der Waals surface area contributed by atoms with Crippen molar-refractivity contribution in [2.45, 2.75) is 25.9 Å². The third-order valence-electron chi connectivity index (χ3n) is 5.07. The molecule has 1 aliphatic rings. The van der Waals surface area contributed by atoms with Gasteiger partial charge in [0.25, 0.3) is 5.91 Å². The van der Waals surface area contributed by atoms with E-state index in [0.29, 0.717) is 23.7 Å². The van der Waals surface area contributed by atoms with Crippen LogP contribution in [0.15, 0.2) is 65.3 Å². The number of nitrogens with one attached hydrogen (secondary N) is 1. The number of nitrogens with zero attached hydrogens (tertiary/aromatic N) is 1. The molecule has 0 radical (unpaired) electrons. The van der Waals surface area contributed by atoms with Crippen LogP contribution in [0.2, 0.25) is 5.02 Å². The summed E-state index contributed by atoms with van der Waals surface area (Å²) in [6.45, 7) is 2.20. The molecule has 0 bridgehead atoms. The van der Waals surface area contributed by atoms with Crippen LogP contribution in [-0.2, 0) is 17.8 Å². The third kappa shape index (κ3) is 3.41. The van der Waals surface area contributed by atoms with Gasteiger partial charge in [0.05, 0.1) is 6.26 Å². The standard InChI is InChI=1S/C22H19ClN2O3/c1-14-17(23)8-4-9-18(14)24-21(26)19-12-15-6-2-3-7-16(15)13-25(19)22(27)20-10-5-11-28-20/h2-11,19H,12-13H2,1H3,(H,24,26). The zero-order chi connectivity index (χ0) is 19.7. The van der Waals surface area contributed by atoms with E-state index in [1.807, 2.05) is 31.2 Å². The van der Waals surface area contributed by atoms with E-state index in [-0.39, 0.29) is 17.6 Å². The van der Waals surface area contributed by atoms with E-state index in [1.54, 1.807) is 35.2 Å². The summed E-state index contributed by atoms with van der Waals surface area (Å²) < 4.78 is 5.28. The van der Waals surface area contributed by atoms with Crippen molar-refractivity contribution in [2.24, 2.45) is 0 Å². The van der Waals surface area contributed by atoms with E-state index < -0.39 is 6.04 Å². The largest absolute Gasteiger partial charge is 0.459 e. The van der Waals surface area contributed by atoms with Crippen LogP contribution in [0.3, 0.4) is 0 Å². The van der Waals surface area contributed by atoms with E-state index >= 15 is 0 Å². The Morgan fingerprint density at radius 2 is 1.86 bits per heavy atom. The van der Waals surface area contributed by atoms with E-state index in [4.69, 9.17) is 16.0 Å². The number of benzene rings is 2. The van der Waals surface area contributed by atoms with Crippen molar-refractivity contribution >= 4 is 29.1 Å². The summed E-state index contributed by atoms with van der Waals surface area (Å²) in [7, 11) is 0. The molecule has 1 aromatic heterocycles. The number of carbonyl (C=O) groups is 2. The van der Waals surface area contributed by atoms with E-state index in [9.17, 15) is 9.59 Å². The van der Waals surface area contributed by atoms with Gasteiger partial charge in [0, 0.05) is 23.7 Å². The average molecular weight is 395 g/mol. The molecule has 3 aromatic rings. The number of amides is 2. The molecular weight excluding hydrogens is 376 g/mol.